The standard InChI is InChI=1S/C10H9ClF3NO2/c11-7-2-5(8(15)4-9(16)17)1-6(3-7)10(12,13)14/h1-3,8H,4,15H2,(H,16,17). The lowest BCUT2D eigenvalue weighted by Crippen LogP contribution is -2.16. The minimum Gasteiger partial charge on any atom is -0.481 e. The fourth-order valence-electron chi connectivity index (χ4n) is 1.30. The number of alkyl halides is 3. The molecule has 1 unspecified atom stereocenters. The quantitative estimate of drug-likeness (QED) is 0.885. The topological polar surface area (TPSA) is 63.3 Å². The highest BCUT2D eigenvalue weighted by molar-refractivity contribution is 6.30. The molecule has 0 aliphatic carbocycles. The van der Waals surface area contributed by atoms with Gasteiger partial charge >= 0.3 is 12.1 Å². The molecule has 0 bridgehead atoms. The van der Waals surface area contributed by atoms with Crippen LogP contribution in [0.4, 0.5) is 13.2 Å². The summed E-state index contributed by atoms with van der Waals surface area (Å²) in [6.45, 7) is 0. The Bertz CT molecular complexity index is 434. The van der Waals surface area contributed by atoms with E-state index in [1.54, 1.807) is 0 Å². The number of carboxylic acids is 1. The van der Waals surface area contributed by atoms with Crippen molar-refractivity contribution in [2.75, 3.05) is 0 Å². The molecular formula is C10H9ClF3NO2. The maximum Gasteiger partial charge on any atom is 0.416 e. The van der Waals surface area contributed by atoms with Gasteiger partial charge in [0.2, 0.25) is 0 Å². The van der Waals surface area contributed by atoms with Crippen molar-refractivity contribution < 1.29 is 23.1 Å². The van der Waals surface area contributed by atoms with Crippen LogP contribution in [0, 0.1) is 0 Å². The SMILES string of the molecule is NC(CC(=O)O)c1cc(Cl)cc(C(F)(F)F)c1. The Labute approximate surface area is 100.0 Å². The summed E-state index contributed by atoms with van der Waals surface area (Å²) >= 11 is 5.53. The molecule has 0 heterocycles. The Hall–Kier alpha value is -1.27. The van der Waals surface area contributed by atoms with Crippen LogP contribution in [0.3, 0.4) is 0 Å². The predicted molar refractivity (Wildman–Crippen MR) is 55.6 cm³/mol. The highest BCUT2D eigenvalue weighted by Crippen LogP contribution is 2.33. The summed E-state index contributed by atoms with van der Waals surface area (Å²) in [6.07, 6.45) is -5.00. The number of carbonyl (C=O) groups is 1. The second-order valence-corrected chi connectivity index (χ2v) is 3.91. The summed E-state index contributed by atoms with van der Waals surface area (Å²) in [4.78, 5) is 10.4. The Balaban J connectivity index is 3.09. The molecule has 0 saturated carbocycles. The van der Waals surface area contributed by atoms with Gasteiger partial charge in [0.05, 0.1) is 12.0 Å². The molecule has 7 heteroatoms. The number of carboxylic acid groups (broad SMARTS) is 1. The lowest BCUT2D eigenvalue weighted by atomic mass is 10.0. The van der Waals surface area contributed by atoms with E-state index in [1.807, 2.05) is 0 Å². The normalized spacial score (nSPS) is 13.5. The predicted octanol–water partition coefficient (Wildman–Crippen LogP) is 2.83. The maximum absolute atomic E-state index is 12.5. The van der Waals surface area contributed by atoms with Crippen molar-refractivity contribution in [1.29, 1.82) is 0 Å². The van der Waals surface area contributed by atoms with Crippen molar-refractivity contribution in [3.63, 3.8) is 0 Å². The van der Waals surface area contributed by atoms with Crippen molar-refractivity contribution >= 4 is 17.6 Å². The third-order valence-electron chi connectivity index (χ3n) is 2.07. The van der Waals surface area contributed by atoms with E-state index >= 15 is 0 Å². The highest BCUT2D eigenvalue weighted by atomic mass is 35.5. The monoisotopic (exact) mass is 267 g/mol. The van der Waals surface area contributed by atoms with E-state index in [1.165, 1.54) is 6.07 Å². The molecule has 0 aliphatic heterocycles. The van der Waals surface area contributed by atoms with Gasteiger partial charge in [0.1, 0.15) is 0 Å². The van der Waals surface area contributed by atoms with Crippen molar-refractivity contribution in [2.45, 2.75) is 18.6 Å². The Morgan fingerprint density at radius 2 is 2.00 bits per heavy atom. The minimum absolute atomic E-state index is 0.0484. The summed E-state index contributed by atoms with van der Waals surface area (Å²) in [7, 11) is 0. The van der Waals surface area contributed by atoms with E-state index in [-0.39, 0.29) is 10.6 Å². The van der Waals surface area contributed by atoms with Gasteiger partial charge in [-0.15, -0.1) is 0 Å². The number of nitrogens with two attached hydrogens (primary N) is 1. The van der Waals surface area contributed by atoms with Gasteiger partial charge in [-0.25, -0.2) is 0 Å². The molecule has 0 aliphatic rings. The number of halogens is 4. The van der Waals surface area contributed by atoms with Gasteiger partial charge in [-0.3, -0.25) is 4.79 Å². The van der Waals surface area contributed by atoms with E-state index in [2.05, 4.69) is 0 Å². The number of hydrogen-bond donors (Lipinski definition) is 2. The van der Waals surface area contributed by atoms with Crippen molar-refractivity contribution in [3.05, 3.63) is 34.3 Å². The molecule has 0 spiro atoms. The largest absolute Gasteiger partial charge is 0.481 e. The molecule has 0 amide bonds. The van der Waals surface area contributed by atoms with Crippen LogP contribution in [0.2, 0.25) is 5.02 Å². The van der Waals surface area contributed by atoms with Crippen LogP contribution in [-0.2, 0) is 11.0 Å². The molecule has 1 rings (SSSR count). The zero-order valence-corrected chi connectivity index (χ0v) is 9.22. The fraction of sp³-hybridized carbons (Fsp3) is 0.300. The van der Waals surface area contributed by atoms with Gasteiger partial charge in [-0.1, -0.05) is 11.6 Å². The smallest absolute Gasteiger partial charge is 0.416 e. The van der Waals surface area contributed by atoms with Crippen LogP contribution in [0.15, 0.2) is 18.2 Å². The summed E-state index contributed by atoms with van der Waals surface area (Å²) < 4.78 is 37.4. The molecule has 0 aromatic heterocycles. The summed E-state index contributed by atoms with van der Waals surface area (Å²) in [6, 6.07) is 1.77. The molecular weight excluding hydrogens is 259 g/mol. The van der Waals surface area contributed by atoms with Crippen molar-refractivity contribution in [2.24, 2.45) is 5.73 Å². The van der Waals surface area contributed by atoms with Gasteiger partial charge < -0.3 is 10.8 Å². The lowest BCUT2D eigenvalue weighted by molar-refractivity contribution is -0.138. The van der Waals surface area contributed by atoms with Crippen LogP contribution in [0.1, 0.15) is 23.6 Å². The van der Waals surface area contributed by atoms with E-state index < -0.39 is 30.2 Å². The third-order valence-corrected chi connectivity index (χ3v) is 2.29. The molecule has 0 radical (unpaired) electrons. The van der Waals surface area contributed by atoms with Crippen LogP contribution in [-0.4, -0.2) is 11.1 Å². The van der Waals surface area contributed by atoms with Crippen molar-refractivity contribution in [1.82, 2.24) is 0 Å². The Morgan fingerprint density at radius 3 is 2.47 bits per heavy atom. The fourth-order valence-corrected chi connectivity index (χ4v) is 1.54. The first-order valence-corrected chi connectivity index (χ1v) is 4.93. The molecule has 0 saturated heterocycles. The third kappa shape index (κ3) is 3.90. The molecule has 1 aromatic rings. The zero-order valence-electron chi connectivity index (χ0n) is 8.46. The minimum atomic E-state index is -4.54. The van der Waals surface area contributed by atoms with Crippen LogP contribution in [0.5, 0.6) is 0 Å². The Kier molecular flexibility index (Phi) is 4.00. The maximum atomic E-state index is 12.5. The van der Waals surface area contributed by atoms with Gasteiger partial charge in [-0.05, 0) is 23.8 Å². The van der Waals surface area contributed by atoms with Crippen LogP contribution in [0.25, 0.3) is 0 Å². The molecule has 17 heavy (non-hydrogen) atoms. The van der Waals surface area contributed by atoms with E-state index in [0.717, 1.165) is 12.1 Å². The molecule has 0 fully saturated rings. The summed E-state index contributed by atoms with van der Waals surface area (Å²) in [5.74, 6) is -1.19. The van der Waals surface area contributed by atoms with E-state index in [0.29, 0.717) is 0 Å². The van der Waals surface area contributed by atoms with Gasteiger partial charge in [0, 0.05) is 11.1 Å². The van der Waals surface area contributed by atoms with Gasteiger partial charge in [-0.2, -0.15) is 13.2 Å². The first-order chi connectivity index (χ1) is 7.70. The molecule has 1 atom stereocenters. The molecule has 1 aromatic carbocycles. The number of hydrogen-bond acceptors (Lipinski definition) is 2. The second kappa shape index (κ2) is 4.93. The highest BCUT2D eigenvalue weighted by Gasteiger charge is 2.31. The zero-order chi connectivity index (χ0) is 13.2. The van der Waals surface area contributed by atoms with E-state index in [4.69, 9.17) is 22.4 Å². The van der Waals surface area contributed by atoms with Gasteiger partial charge in [0.15, 0.2) is 0 Å². The van der Waals surface area contributed by atoms with Crippen LogP contribution < -0.4 is 5.73 Å². The Morgan fingerprint density at radius 1 is 1.41 bits per heavy atom. The lowest BCUT2D eigenvalue weighted by Gasteiger charge is -2.13. The van der Waals surface area contributed by atoms with Gasteiger partial charge in [0.25, 0.3) is 0 Å². The number of benzene rings is 1. The van der Waals surface area contributed by atoms with E-state index in [9.17, 15) is 18.0 Å². The summed E-state index contributed by atoms with van der Waals surface area (Å²) in [5.41, 5.74) is 4.57. The van der Waals surface area contributed by atoms with Crippen LogP contribution >= 0.6 is 11.6 Å². The first-order valence-electron chi connectivity index (χ1n) is 4.55. The van der Waals surface area contributed by atoms with Crippen molar-refractivity contribution in [3.8, 4) is 0 Å². The molecule has 3 N–H and O–H groups in total. The molecule has 94 valence electrons. The summed E-state index contributed by atoms with van der Waals surface area (Å²) in [5, 5.41) is 8.38. The average Bonchev–Trinajstić information content (AvgIpc) is 2.14. The first kappa shape index (κ1) is 13.8. The number of aliphatic carboxylic acids is 1. The molecule has 3 nitrogen and oxygen atoms in total. The second-order valence-electron chi connectivity index (χ2n) is 3.48. The number of rotatable bonds is 3. The average molecular weight is 268 g/mol.